The molecular formula is C23H27FN4O3S. The number of aryl methyl sites for hydroxylation is 2. The molecule has 1 heterocycles. The van der Waals surface area contributed by atoms with Crippen LogP contribution in [0.15, 0.2) is 41.6 Å². The largest absolute Gasteiger partial charge is 0.490 e. The molecule has 1 amide bonds. The molecule has 3 rings (SSSR count). The molecule has 3 aromatic rings. The summed E-state index contributed by atoms with van der Waals surface area (Å²) >= 11 is 1.29. The van der Waals surface area contributed by atoms with Crippen LogP contribution in [0, 0.1) is 19.7 Å². The highest BCUT2D eigenvalue weighted by molar-refractivity contribution is 7.99. The first-order valence-corrected chi connectivity index (χ1v) is 11.4. The van der Waals surface area contributed by atoms with Crippen LogP contribution in [-0.4, -0.2) is 33.0 Å². The molecule has 0 fully saturated rings. The Morgan fingerprint density at radius 1 is 1.09 bits per heavy atom. The van der Waals surface area contributed by atoms with Crippen LogP contribution in [0.25, 0.3) is 0 Å². The monoisotopic (exact) mass is 458 g/mol. The molecule has 0 unspecified atom stereocenters. The van der Waals surface area contributed by atoms with Crippen LogP contribution in [-0.2, 0) is 17.9 Å². The number of aromatic nitrogens is 3. The third kappa shape index (κ3) is 6.00. The summed E-state index contributed by atoms with van der Waals surface area (Å²) in [6, 6.07) is 10.0. The highest BCUT2D eigenvalue weighted by Gasteiger charge is 2.15. The van der Waals surface area contributed by atoms with E-state index >= 15 is 0 Å². The van der Waals surface area contributed by atoms with Gasteiger partial charge in [0.2, 0.25) is 5.91 Å². The van der Waals surface area contributed by atoms with Crippen molar-refractivity contribution < 1.29 is 18.7 Å². The number of hydrogen-bond acceptors (Lipinski definition) is 6. The predicted octanol–water partition coefficient (Wildman–Crippen LogP) is 4.76. The van der Waals surface area contributed by atoms with E-state index in [1.807, 2.05) is 43.5 Å². The molecule has 0 aliphatic carbocycles. The van der Waals surface area contributed by atoms with Gasteiger partial charge in [-0.05, 0) is 69.2 Å². The van der Waals surface area contributed by atoms with Crippen molar-refractivity contribution in [2.24, 2.45) is 0 Å². The minimum atomic E-state index is -0.334. The number of amides is 1. The molecule has 32 heavy (non-hydrogen) atoms. The average Bonchev–Trinajstić information content (AvgIpc) is 3.16. The Bertz CT molecular complexity index is 1090. The Kier molecular flexibility index (Phi) is 8.10. The standard InChI is InChI=1S/C23H27FN4O3S/c1-5-28-21(13-31-19-10-7-15(3)11-20(19)30-6-2)26-27-23(28)32-14-22(29)25-18-9-8-17(24)12-16(18)4/h7-12H,5-6,13-14H2,1-4H3,(H,25,29). The SMILES string of the molecule is CCOc1cc(C)ccc1OCc1nnc(SCC(=O)Nc2ccc(F)cc2C)n1CC. The molecule has 0 aliphatic rings. The first-order valence-electron chi connectivity index (χ1n) is 10.4. The van der Waals surface area contributed by atoms with E-state index in [1.165, 1.54) is 23.9 Å². The maximum absolute atomic E-state index is 13.2. The number of halogens is 1. The van der Waals surface area contributed by atoms with Gasteiger partial charge in [0.25, 0.3) is 0 Å². The molecule has 0 aliphatic heterocycles. The van der Waals surface area contributed by atoms with Crippen LogP contribution in [0.5, 0.6) is 11.5 Å². The fourth-order valence-corrected chi connectivity index (χ4v) is 3.90. The zero-order chi connectivity index (χ0) is 23.1. The van der Waals surface area contributed by atoms with Crippen molar-refractivity contribution in [3.05, 3.63) is 59.2 Å². The van der Waals surface area contributed by atoms with E-state index in [4.69, 9.17) is 9.47 Å². The summed E-state index contributed by atoms with van der Waals surface area (Å²) < 4.78 is 26.8. The topological polar surface area (TPSA) is 78.3 Å². The van der Waals surface area contributed by atoms with Crippen molar-refractivity contribution in [3.63, 3.8) is 0 Å². The smallest absolute Gasteiger partial charge is 0.234 e. The summed E-state index contributed by atoms with van der Waals surface area (Å²) in [5.41, 5.74) is 2.35. The fourth-order valence-electron chi connectivity index (χ4n) is 3.08. The lowest BCUT2D eigenvalue weighted by Crippen LogP contribution is -2.15. The van der Waals surface area contributed by atoms with Crippen LogP contribution >= 0.6 is 11.8 Å². The molecule has 2 aromatic carbocycles. The number of rotatable bonds is 10. The van der Waals surface area contributed by atoms with Crippen molar-refractivity contribution >= 4 is 23.4 Å². The summed E-state index contributed by atoms with van der Waals surface area (Å²) in [5.74, 6) is 1.62. The normalized spacial score (nSPS) is 10.8. The van der Waals surface area contributed by atoms with E-state index in [9.17, 15) is 9.18 Å². The number of thioether (sulfide) groups is 1. The van der Waals surface area contributed by atoms with Gasteiger partial charge >= 0.3 is 0 Å². The number of carbonyl (C=O) groups is 1. The number of nitrogens with zero attached hydrogens (tertiary/aromatic N) is 3. The molecule has 9 heteroatoms. The number of benzene rings is 2. The molecule has 0 saturated heterocycles. The molecule has 0 radical (unpaired) electrons. The Morgan fingerprint density at radius 3 is 2.62 bits per heavy atom. The van der Waals surface area contributed by atoms with Gasteiger partial charge in [-0.25, -0.2) is 4.39 Å². The predicted molar refractivity (Wildman–Crippen MR) is 123 cm³/mol. The van der Waals surface area contributed by atoms with Crippen molar-refractivity contribution in [2.45, 2.75) is 46.0 Å². The van der Waals surface area contributed by atoms with E-state index in [-0.39, 0.29) is 24.1 Å². The third-order valence-corrected chi connectivity index (χ3v) is 5.63. The number of hydrogen-bond donors (Lipinski definition) is 1. The maximum Gasteiger partial charge on any atom is 0.234 e. The minimum absolute atomic E-state index is 0.155. The van der Waals surface area contributed by atoms with Gasteiger partial charge in [-0.2, -0.15) is 0 Å². The van der Waals surface area contributed by atoms with Crippen molar-refractivity contribution in [1.82, 2.24) is 14.8 Å². The summed E-state index contributed by atoms with van der Waals surface area (Å²) in [7, 11) is 0. The Hall–Kier alpha value is -3.07. The molecular weight excluding hydrogens is 431 g/mol. The third-order valence-electron chi connectivity index (χ3n) is 4.66. The average molecular weight is 459 g/mol. The Labute approximate surface area is 191 Å². The Balaban J connectivity index is 1.62. The number of carbonyl (C=O) groups excluding carboxylic acids is 1. The molecule has 0 saturated carbocycles. The van der Waals surface area contributed by atoms with E-state index < -0.39 is 0 Å². The van der Waals surface area contributed by atoms with Crippen molar-refractivity contribution in [2.75, 3.05) is 17.7 Å². The Morgan fingerprint density at radius 2 is 1.91 bits per heavy atom. The van der Waals surface area contributed by atoms with E-state index in [0.29, 0.717) is 46.9 Å². The lowest BCUT2D eigenvalue weighted by molar-refractivity contribution is -0.113. The fraction of sp³-hybridized carbons (Fsp3) is 0.348. The molecule has 1 aromatic heterocycles. The summed E-state index contributed by atoms with van der Waals surface area (Å²) in [6.07, 6.45) is 0. The molecule has 170 valence electrons. The van der Waals surface area contributed by atoms with Gasteiger partial charge in [-0.1, -0.05) is 17.8 Å². The van der Waals surface area contributed by atoms with E-state index in [1.54, 1.807) is 13.0 Å². The van der Waals surface area contributed by atoms with Crippen LogP contribution < -0.4 is 14.8 Å². The van der Waals surface area contributed by atoms with Crippen molar-refractivity contribution in [1.29, 1.82) is 0 Å². The second-order valence-electron chi connectivity index (χ2n) is 7.11. The zero-order valence-electron chi connectivity index (χ0n) is 18.6. The molecule has 0 bridgehead atoms. The first kappa shape index (κ1) is 23.6. The highest BCUT2D eigenvalue weighted by atomic mass is 32.2. The summed E-state index contributed by atoms with van der Waals surface area (Å²) in [5, 5.41) is 11.9. The molecule has 0 atom stereocenters. The molecule has 0 spiro atoms. The van der Waals surface area contributed by atoms with Gasteiger partial charge in [0.05, 0.1) is 12.4 Å². The second-order valence-corrected chi connectivity index (χ2v) is 8.05. The maximum atomic E-state index is 13.2. The number of ether oxygens (including phenoxy) is 2. The minimum Gasteiger partial charge on any atom is -0.490 e. The van der Waals surface area contributed by atoms with E-state index in [0.717, 1.165) is 5.56 Å². The lowest BCUT2D eigenvalue weighted by Gasteiger charge is -2.13. The second kappa shape index (κ2) is 11.0. The number of anilines is 1. The van der Waals surface area contributed by atoms with Crippen LogP contribution in [0.4, 0.5) is 10.1 Å². The van der Waals surface area contributed by atoms with Gasteiger partial charge in [0.1, 0.15) is 12.4 Å². The van der Waals surface area contributed by atoms with Gasteiger partial charge in [-0.15, -0.1) is 10.2 Å². The van der Waals surface area contributed by atoms with E-state index in [2.05, 4.69) is 15.5 Å². The van der Waals surface area contributed by atoms with Gasteiger partial charge in [0.15, 0.2) is 22.5 Å². The van der Waals surface area contributed by atoms with Gasteiger partial charge < -0.3 is 19.4 Å². The van der Waals surface area contributed by atoms with Crippen LogP contribution in [0.2, 0.25) is 0 Å². The number of nitrogens with one attached hydrogen (secondary N) is 1. The molecule has 1 N–H and O–H groups in total. The summed E-state index contributed by atoms with van der Waals surface area (Å²) in [6.45, 7) is 9.07. The zero-order valence-corrected chi connectivity index (χ0v) is 19.5. The quantitative estimate of drug-likeness (QED) is 0.441. The van der Waals surface area contributed by atoms with Crippen LogP contribution in [0.1, 0.15) is 30.8 Å². The van der Waals surface area contributed by atoms with Gasteiger partial charge in [-0.3, -0.25) is 4.79 Å². The highest BCUT2D eigenvalue weighted by Crippen LogP contribution is 2.29. The van der Waals surface area contributed by atoms with Crippen LogP contribution in [0.3, 0.4) is 0 Å². The summed E-state index contributed by atoms with van der Waals surface area (Å²) in [4.78, 5) is 12.3. The van der Waals surface area contributed by atoms with Crippen molar-refractivity contribution in [3.8, 4) is 11.5 Å². The van der Waals surface area contributed by atoms with Gasteiger partial charge in [0, 0.05) is 12.2 Å². The first-order chi connectivity index (χ1) is 15.4. The molecule has 7 nitrogen and oxygen atoms in total. The lowest BCUT2D eigenvalue weighted by atomic mass is 10.2.